The fourth-order valence-electron chi connectivity index (χ4n) is 2.57. The molecule has 0 fully saturated rings. The fourth-order valence-corrected chi connectivity index (χ4v) is 2.57. The van der Waals surface area contributed by atoms with Crippen LogP contribution in [-0.2, 0) is 30.1 Å². The average Bonchev–Trinajstić information content (AvgIpc) is 2.64. The highest BCUT2D eigenvalue weighted by Gasteiger charge is 2.36. The molecule has 0 saturated carbocycles. The Bertz CT molecular complexity index is 1060. The first-order valence-corrected chi connectivity index (χ1v) is 8.31. The quantitative estimate of drug-likeness (QED) is 0.610. The number of hydrogen-bond donors (Lipinski definition) is 0. The van der Waals surface area contributed by atoms with E-state index in [9.17, 15) is 32.3 Å². The van der Waals surface area contributed by atoms with Gasteiger partial charge in [-0.15, -0.1) is 0 Å². The first-order chi connectivity index (χ1) is 14.1. The van der Waals surface area contributed by atoms with Gasteiger partial charge in [0.05, 0.1) is 24.6 Å². The summed E-state index contributed by atoms with van der Waals surface area (Å²) in [5.41, 5.74) is -2.13. The van der Waals surface area contributed by atoms with Crippen molar-refractivity contribution in [2.45, 2.75) is 20.4 Å². The number of carbonyl (C=O) groups is 3. The van der Waals surface area contributed by atoms with Gasteiger partial charge >= 0.3 is 13.3 Å². The van der Waals surface area contributed by atoms with Crippen molar-refractivity contribution in [2.24, 2.45) is 0 Å². The van der Waals surface area contributed by atoms with Crippen molar-refractivity contribution in [3.05, 3.63) is 39.7 Å². The van der Waals surface area contributed by atoms with Gasteiger partial charge in [0.2, 0.25) is 11.2 Å². The zero-order valence-electron chi connectivity index (χ0n) is 16.0. The summed E-state index contributed by atoms with van der Waals surface area (Å²) < 4.78 is 60.5. The number of hydrogen-bond acceptors (Lipinski definition) is 8. The maximum atomic E-state index is 14.1. The molecule has 0 unspecified atom stereocenters. The SMILES string of the molecule is COc1c(F)c(F)cc2c(=O)c(C(=O)OB(OC(C)=O)OC(C)=O)cn(CCF)c12. The molecule has 13 heteroatoms. The molecule has 0 saturated heterocycles. The zero-order chi connectivity index (χ0) is 22.6. The van der Waals surface area contributed by atoms with Crippen LogP contribution in [0.2, 0.25) is 0 Å². The first-order valence-electron chi connectivity index (χ1n) is 8.31. The molecule has 2 aromatic rings. The van der Waals surface area contributed by atoms with Crippen molar-refractivity contribution < 1.29 is 46.3 Å². The summed E-state index contributed by atoms with van der Waals surface area (Å²) in [6.45, 7) is 0.449. The summed E-state index contributed by atoms with van der Waals surface area (Å²) in [5, 5.41) is -0.495. The van der Waals surface area contributed by atoms with E-state index in [1.807, 2.05) is 0 Å². The Morgan fingerprint density at radius 3 is 2.20 bits per heavy atom. The average molecular weight is 429 g/mol. The number of carbonyl (C=O) groups excluding carboxylic acids is 3. The molecule has 0 aliphatic rings. The number of halogens is 3. The molecule has 30 heavy (non-hydrogen) atoms. The molecular formula is C17H15BF3NO8. The van der Waals surface area contributed by atoms with E-state index in [1.54, 1.807) is 0 Å². The van der Waals surface area contributed by atoms with Crippen LogP contribution in [0.3, 0.4) is 0 Å². The van der Waals surface area contributed by atoms with Crippen molar-refractivity contribution in [1.29, 1.82) is 0 Å². The summed E-state index contributed by atoms with van der Waals surface area (Å²) >= 11 is 0. The molecule has 0 spiro atoms. The van der Waals surface area contributed by atoms with Gasteiger partial charge < -0.3 is 23.3 Å². The molecule has 2 rings (SSSR count). The van der Waals surface area contributed by atoms with Gasteiger partial charge in [-0.05, 0) is 6.07 Å². The molecule has 0 bridgehead atoms. The summed E-state index contributed by atoms with van der Waals surface area (Å²) in [6.07, 6.45) is 0.838. The van der Waals surface area contributed by atoms with E-state index in [0.29, 0.717) is 6.07 Å². The summed E-state index contributed by atoms with van der Waals surface area (Å²) in [6, 6.07) is 0.524. The van der Waals surface area contributed by atoms with Gasteiger partial charge in [0.1, 0.15) is 12.2 Å². The Labute approximate surface area is 167 Å². The highest BCUT2D eigenvalue weighted by molar-refractivity contribution is 6.44. The van der Waals surface area contributed by atoms with Gasteiger partial charge in [-0.3, -0.25) is 14.4 Å². The molecule has 1 aromatic heterocycles. The van der Waals surface area contributed by atoms with Crippen LogP contribution >= 0.6 is 0 Å². The third-order valence-electron chi connectivity index (χ3n) is 3.69. The van der Waals surface area contributed by atoms with Gasteiger partial charge in [-0.2, -0.15) is 4.39 Å². The van der Waals surface area contributed by atoms with Gasteiger partial charge in [0.25, 0.3) is 11.9 Å². The minimum Gasteiger partial charge on any atom is -0.491 e. The summed E-state index contributed by atoms with van der Waals surface area (Å²) in [7, 11) is -1.08. The second kappa shape index (κ2) is 9.33. The number of methoxy groups -OCH3 is 1. The Hall–Kier alpha value is -3.51. The van der Waals surface area contributed by atoms with E-state index in [0.717, 1.165) is 31.7 Å². The van der Waals surface area contributed by atoms with E-state index in [2.05, 4.69) is 9.31 Å². The standard InChI is InChI=1S/C17H15BF3NO8/c1-8(23)28-18(29-9(2)24)30-17(26)11-7-22(5-4-19)14-10(15(11)25)6-12(20)13(21)16(14)27-3/h6-7H,4-5H2,1-3H3. The predicted octanol–water partition coefficient (Wildman–Crippen LogP) is 1.53. The van der Waals surface area contributed by atoms with E-state index >= 15 is 0 Å². The lowest BCUT2D eigenvalue weighted by molar-refractivity contribution is -0.139. The van der Waals surface area contributed by atoms with Crippen LogP contribution in [0, 0.1) is 11.6 Å². The number of aromatic nitrogens is 1. The highest BCUT2D eigenvalue weighted by atomic mass is 19.2. The topological polar surface area (TPSA) is 110 Å². The Morgan fingerprint density at radius 2 is 1.70 bits per heavy atom. The molecule has 0 aliphatic heterocycles. The molecular weight excluding hydrogens is 414 g/mol. The monoisotopic (exact) mass is 429 g/mol. The second-order valence-electron chi connectivity index (χ2n) is 5.77. The van der Waals surface area contributed by atoms with Crippen molar-refractivity contribution in [3.63, 3.8) is 0 Å². The van der Waals surface area contributed by atoms with Gasteiger partial charge in [0.15, 0.2) is 11.6 Å². The van der Waals surface area contributed by atoms with Crippen molar-refractivity contribution >= 4 is 36.1 Å². The molecule has 9 nitrogen and oxygen atoms in total. The number of pyridine rings is 1. The summed E-state index contributed by atoms with van der Waals surface area (Å²) in [5.74, 6) is -6.86. The van der Waals surface area contributed by atoms with Crippen LogP contribution in [0.15, 0.2) is 17.1 Å². The predicted molar refractivity (Wildman–Crippen MR) is 95.4 cm³/mol. The number of benzene rings is 1. The van der Waals surface area contributed by atoms with Crippen LogP contribution in [0.5, 0.6) is 5.75 Å². The third kappa shape index (κ3) is 4.72. The number of alkyl halides is 1. The maximum absolute atomic E-state index is 14.1. The van der Waals surface area contributed by atoms with Gasteiger partial charge in [-0.25, -0.2) is 13.6 Å². The second-order valence-corrected chi connectivity index (χ2v) is 5.77. The molecule has 160 valence electrons. The third-order valence-corrected chi connectivity index (χ3v) is 3.69. The highest BCUT2D eigenvalue weighted by Crippen LogP contribution is 2.30. The van der Waals surface area contributed by atoms with Crippen LogP contribution in [0.25, 0.3) is 10.9 Å². The Balaban J connectivity index is 2.64. The molecule has 1 heterocycles. The fraction of sp³-hybridized carbons (Fsp3) is 0.294. The lowest BCUT2D eigenvalue weighted by atomic mass is 10.1. The van der Waals surface area contributed by atoms with Crippen molar-refractivity contribution in [3.8, 4) is 5.75 Å². The van der Waals surface area contributed by atoms with E-state index in [1.165, 1.54) is 0 Å². The lowest BCUT2D eigenvalue weighted by Gasteiger charge is -2.16. The van der Waals surface area contributed by atoms with Gasteiger partial charge in [0, 0.05) is 20.0 Å². The van der Waals surface area contributed by atoms with Crippen LogP contribution < -0.4 is 10.2 Å². The Morgan fingerprint density at radius 1 is 1.10 bits per heavy atom. The molecule has 0 N–H and O–H groups in total. The minimum atomic E-state index is -2.10. The van der Waals surface area contributed by atoms with E-state index in [4.69, 9.17) is 9.39 Å². The molecule has 0 radical (unpaired) electrons. The van der Waals surface area contributed by atoms with E-state index < -0.39 is 72.2 Å². The van der Waals surface area contributed by atoms with Crippen molar-refractivity contribution in [2.75, 3.05) is 13.8 Å². The van der Waals surface area contributed by atoms with Crippen LogP contribution in [-0.4, -0.2) is 43.6 Å². The number of rotatable bonds is 7. The number of nitrogens with zero attached hydrogens (tertiary/aromatic N) is 1. The molecule has 0 aliphatic carbocycles. The number of aryl methyl sites for hydroxylation is 1. The Kier molecular flexibility index (Phi) is 7.08. The number of fused-ring (bicyclic) bond motifs is 1. The first kappa shape index (κ1) is 22.8. The zero-order valence-corrected chi connectivity index (χ0v) is 16.0. The lowest BCUT2D eigenvalue weighted by Crippen LogP contribution is -2.35. The maximum Gasteiger partial charge on any atom is 0.870 e. The normalized spacial score (nSPS) is 10.5. The molecule has 0 amide bonds. The number of ether oxygens (including phenoxy) is 1. The summed E-state index contributed by atoms with van der Waals surface area (Å²) in [4.78, 5) is 47.3. The molecule has 0 atom stereocenters. The largest absolute Gasteiger partial charge is 0.870 e. The van der Waals surface area contributed by atoms with Crippen LogP contribution in [0.4, 0.5) is 13.2 Å². The van der Waals surface area contributed by atoms with Gasteiger partial charge in [-0.1, -0.05) is 0 Å². The smallest absolute Gasteiger partial charge is 0.491 e. The molecule has 1 aromatic carbocycles. The van der Waals surface area contributed by atoms with Crippen molar-refractivity contribution in [1.82, 2.24) is 4.57 Å². The minimum absolute atomic E-state index is 0.285. The van der Waals surface area contributed by atoms with E-state index in [-0.39, 0.29) is 5.52 Å². The van der Waals surface area contributed by atoms with Crippen LogP contribution in [0.1, 0.15) is 24.2 Å².